The molecule has 0 aliphatic carbocycles. The van der Waals surface area contributed by atoms with Crippen LogP contribution in [0, 0.1) is 11.8 Å². The minimum Gasteiger partial charge on any atom is -0.494 e. The molecule has 12 nitrogen and oxygen atoms in total. The number of hydrogen-bond acceptors (Lipinski definition) is 9. The predicted octanol–water partition coefficient (Wildman–Crippen LogP) is 4.89. The first kappa shape index (κ1) is 37.0. The average Bonchev–Trinajstić information content (AvgIpc) is 3.68. The number of ether oxygens (including phenoxy) is 5. The molecule has 3 aliphatic heterocycles. The molecule has 0 spiro atoms. The molecule has 2 aromatic carbocycles. The number of rotatable bonds is 15. The van der Waals surface area contributed by atoms with Crippen LogP contribution in [0.2, 0.25) is 0 Å². The topological polar surface area (TPSA) is 144 Å². The van der Waals surface area contributed by atoms with E-state index in [1.807, 2.05) is 0 Å². The number of nitrogens with zero attached hydrogens (tertiary/aromatic N) is 2. The van der Waals surface area contributed by atoms with Crippen LogP contribution in [0.25, 0.3) is 0 Å². The van der Waals surface area contributed by atoms with Gasteiger partial charge in [0.15, 0.2) is 17.8 Å². The molecular weight excluding hydrogens is 673 g/mol. The number of carboxylic acid groups (broad SMARTS) is 1. The number of amides is 1. The van der Waals surface area contributed by atoms with Gasteiger partial charge in [-0.15, -0.1) is 0 Å². The van der Waals surface area contributed by atoms with Crippen molar-refractivity contribution in [2.45, 2.75) is 81.6 Å². The number of sulfonamides is 1. The summed E-state index contributed by atoms with van der Waals surface area (Å²) in [7, 11) is -4.44. The molecule has 16 heteroatoms. The van der Waals surface area contributed by atoms with Gasteiger partial charge in [0.1, 0.15) is 25.1 Å². The van der Waals surface area contributed by atoms with Crippen LogP contribution in [-0.4, -0.2) is 104 Å². The Morgan fingerprint density at radius 3 is 2.43 bits per heavy atom. The summed E-state index contributed by atoms with van der Waals surface area (Å²) in [5.41, 5.74) is 0.723. The number of aliphatic hydroxyl groups is 1. The maximum absolute atomic E-state index is 14.5. The van der Waals surface area contributed by atoms with Crippen LogP contribution in [0.5, 0.6) is 17.2 Å². The largest absolute Gasteiger partial charge is 0.494 e. The van der Waals surface area contributed by atoms with E-state index in [-0.39, 0.29) is 68.1 Å². The Morgan fingerprint density at radius 1 is 1.04 bits per heavy atom. The second kappa shape index (κ2) is 15.7. The van der Waals surface area contributed by atoms with Crippen LogP contribution in [0.3, 0.4) is 0 Å². The quantitative estimate of drug-likeness (QED) is 0.193. The molecule has 2 N–H and O–H groups in total. The Kier molecular flexibility index (Phi) is 11.8. The van der Waals surface area contributed by atoms with Crippen molar-refractivity contribution in [3.05, 3.63) is 48.0 Å². The number of fused-ring (bicyclic) bond motifs is 2. The first-order valence-electron chi connectivity index (χ1n) is 16.4. The Bertz CT molecular complexity index is 1530. The third kappa shape index (κ3) is 9.08. The lowest BCUT2D eigenvalue weighted by Gasteiger charge is -2.44. The molecule has 272 valence electrons. The molecule has 0 aromatic heterocycles. The van der Waals surface area contributed by atoms with Crippen LogP contribution < -0.4 is 14.2 Å². The van der Waals surface area contributed by atoms with E-state index < -0.39 is 53.3 Å². The first-order valence-corrected chi connectivity index (χ1v) is 17.8. The summed E-state index contributed by atoms with van der Waals surface area (Å²) in [4.78, 5) is 14.0. The summed E-state index contributed by atoms with van der Waals surface area (Å²) >= 11 is 0. The van der Waals surface area contributed by atoms with Crippen molar-refractivity contribution in [2.24, 2.45) is 11.8 Å². The van der Waals surface area contributed by atoms with Crippen molar-refractivity contribution in [1.29, 1.82) is 0 Å². The van der Waals surface area contributed by atoms with Crippen molar-refractivity contribution in [2.75, 3.05) is 39.6 Å². The summed E-state index contributed by atoms with van der Waals surface area (Å²) in [6, 6.07) is 10.0. The zero-order valence-corrected chi connectivity index (χ0v) is 28.2. The minimum atomic E-state index is -4.44. The number of aliphatic hydroxyl groups excluding tert-OH is 1. The van der Waals surface area contributed by atoms with Crippen molar-refractivity contribution in [3.8, 4) is 17.2 Å². The Labute approximate surface area is 283 Å². The van der Waals surface area contributed by atoms with E-state index in [0.717, 1.165) is 14.8 Å². The molecule has 2 aromatic rings. The van der Waals surface area contributed by atoms with Gasteiger partial charge in [0.05, 0.1) is 36.9 Å². The predicted molar refractivity (Wildman–Crippen MR) is 169 cm³/mol. The molecule has 49 heavy (non-hydrogen) atoms. The molecule has 2 saturated heterocycles. The van der Waals surface area contributed by atoms with E-state index >= 15 is 0 Å². The lowest BCUT2D eigenvalue weighted by Crippen LogP contribution is -2.63. The van der Waals surface area contributed by atoms with Gasteiger partial charge < -0.3 is 33.9 Å². The normalized spacial score (nSPS) is 21.8. The first-order chi connectivity index (χ1) is 23.2. The van der Waals surface area contributed by atoms with Gasteiger partial charge in [0.2, 0.25) is 10.0 Å². The number of carbonyl (C=O) groups is 1. The Hall–Kier alpha value is -3.31. The zero-order chi connectivity index (χ0) is 35.3. The molecular formula is C33H43F3N2O10S. The van der Waals surface area contributed by atoms with Gasteiger partial charge in [-0.25, -0.2) is 13.2 Å². The average molecular weight is 717 g/mol. The van der Waals surface area contributed by atoms with Crippen molar-refractivity contribution >= 4 is 16.1 Å². The second-order valence-corrected chi connectivity index (χ2v) is 14.7. The minimum absolute atomic E-state index is 0.0241. The maximum Gasteiger partial charge on any atom is 0.409 e. The number of aryl methyl sites for hydroxylation is 1. The van der Waals surface area contributed by atoms with E-state index in [9.17, 15) is 36.6 Å². The van der Waals surface area contributed by atoms with Gasteiger partial charge in [-0.2, -0.15) is 17.5 Å². The molecule has 5 atom stereocenters. The molecule has 0 radical (unpaired) electrons. The molecule has 2 fully saturated rings. The number of hydrogen-bond donors (Lipinski definition) is 2. The summed E-state index contributed by atoms with van der Waals surface area (Å²) in [5, 5.41) is 22.6. The summed E-state index contributed by atoms with van der Waals surface area (Å²) in [6.45, 7) is 4.26. The standard InChI is InChI=1S/C33H43F3N2O10S/c1-21(2)19-37(49(42,43)24-9-11-28-29(18-24)46-17-16-45-28)30(38(32(40)41)26-20-48-31-25(26)12-15-47-31)27(39)10-6-22-4-7-23(8-5-22)44-14-3-13-33(34,35)36/h4-5,7-9,11,18,21,25-27,30-31,39H,3,6,10,12-17,19-20H2,1-2H3,(H,40,41)/t25-,26-,27?,30?,31+/m0/s1. The number of benzene rings is 2. The highest BCUT2D eigenvalue weighted by atomic mass is 32.2. The maximum atomic E-state index is 14.5. The highest BCUT2D eigenvalue weighted by Crippen LogP contribution is 2.39. The molecule has 3 aliphatic rings. The fourth-order valence-electron chi connectivity index (χ4n) is 6.40. The zero-order valence-electron chi connectivity index (χ0n) is 27.4. The van der Waals surface area contributed by atoms with Crippen LogP contribution in [0.4, 0.5) is 18.0 Å². The van der Waals surface area contributed by atoms with Crippen LogP contribution >= 0.6 is 0 Å². The van der Waals surface area contributed by atoms with Gasteiger partial charge in [0.25, 0.3) is 0 Å². The van der Waals surface area contributed by atoms with E-state index in [0.29, 0.717) is 31.1 Å². The van der Waals surface area contributed by atoms with Crippen molar-refractivity contribution in [3.63, 3.8) is 0 Å². The third-order valence-electron chi connectivity index (χ3n) is 8.70. The van der Waals surface area contributed by atoms with E-state index in [1.54, 1.807) is 38.1 Å². The summed E-state index contributed by atoms with van der Waals surface area (Å²) < 4.78 is 95.4. The Balaban J connectivity index is 1.42. The van der Waals surface area contributed by atoms with Crippen molar-refractivity contribution in [1.82, 2.24) is 9.21 Å². The molecule has 3 heterocycles. The van der Waals surface area contributed by atoms with Crippen LogP contribution in [0.15, 0.2) is 47.4 Å². The molecule has 5 rings (SSSR count). The smallest absolute Gasteiger partial charge is 0.409 e. The summed E-state index contributed by atoms with van der Waals surface area (Å²) in [6.07, 6.45) is -9.74. The van der Waals surface area contributed by atoms with Gasteiger partial charge in [-0.1, -0.05) is 26.0 Å². The lowest BCUT2D eigenvalue weighted by atomic mass is 9.97. The molecule has 1 amide bonds. The highest BCUT2D eigenvalue weighted by Gasteiger charge is 2.51. The molecule has 0 bridgehead atoms. The van der Waals surface area contributed by atoms with E-state index in [2.05, 4.69) is 0 Å². The SMILES string of the molecule is CC(C)CN(C(C(O)CCc1ccc(OCCCC(F)(F)F)cc1)N(C(=O)O)[C@H]1CO[C@H]2OCC[C@H]21)S(=O)(=O)c1ccc2c(c1)OCCO2. The fraction of sp³-hybridized carbons (Fsp3) is 0.606. The monoisotopic (exact) mass is 716 g/mol. The number of halogens is 3. The third-order valence-corrected chi connectivity index (χ3v) is 10.5. The molecule has 0 saturated carbocycles. The van der Waals surface area contributed by atoms with E-state index in [1.165, 1.54) is 18.2 Å². The Morgan fingerprint density at radius 2 is 1.76 bits per heavy atom. The van der Waals surface area contributed by atoms with Gasteiger partial charge in [-0.3, -0.25) is 4.90 Å². The van der Waals surface area contributed by atoms with E-state index in [4.69, 9.17) is 23.7 Å². The summed E-state index contributed by atoms with van der Waals surface area (Å²) in [5.74, 6) is 0.393. The van der Waals surface area contributed by atoms with Gasteiger partial charge in [-0.05, 0) is 61.4 Å². The lowest BCUT2D eigenvalue weighted by molar-refractivity contribution is -0.136. The van der Waals surface area contributed by atoms with Gasteiger partial charge >= 0.3 is 12.3 Å². The fourth-order valence-corrected chi connectivity index (χ4v) is 8.19. The highest BCUT2D eigenvalue weighted by molar-refractivity contribution is 7.89. The van der Waals surface area contributed by atoms with Gasteiger partial charge in [0, 0.05) is 24.9 Å². The second-order valence-electron chi connectivity index (χ2n) is 12.8. The van der Waals surface area contributed by atoms with Crippen molar-refractivity contribution < 1.29 is 60.3 Å². The van der Waals surface area contributed by atoms with Crippen LogP contribution in [0.1, 0.15) is 45.1 Å². The molecule has 2 unspecified atom stereocenters. The number of alkyl halides is 3. The van der Waals surface area contributed by atoms with Crippen LogP contribution in [-0.2, 0) is 25.9 Å².